The van der Waals surface area contributed by atoms with Gasteiger partial charge in [0.2, 0.25) is 0 Å². The van der Waals surface area contributed by atoms with E-state index in [9.17, 15) is 0 Å². The van der Waals surface area contributed by atoms with E-state index in [4.69, 9.17) is 15.2 Å². The molecule has 1 aliphatic heterocycles. The van der Waals surface area contributed by atoms with Gasteiger partial charge in [0.15, 0.2) is 11.5 Å². The summed E-state index contributed by atoms with van der Waals surface area (Å²) in [6, 6.07) is 4.43. The van der Waals surface area contributed by atoms with E-state index >= 15 is 0 Å². The molecular weight excluding hydrogens is 262 g/mol. The van der Waals surface area contributed by atoms with E-state index in [2.05, 4.69) is 19.1 Å². The van der Waals surface area contributed by atoms with Crippen LogP contribution in [0.5, 0.6) is 11.5 Å². The van der Waals surface area contributed by atoms with E-state index in [1.807, 2.05) is 0 Å². The summed E-state index contributed by atoms with van der Waals surface area (Å²) in [6.07, 6.45) is 8.30. The maximum absolute atomic E-state index is 6.23. The summed E-state index contributed by atoms with van der Waals surface area (Å²) in [6.45, 7) is 4.44. The molecule has 21 heavy (non-hydrogen) atoms. The molecule has 2 N–H and O–H groups in total. The van der Waals surface area contributed by atoms with Crippen LogP contribution < -0.4 is 15.2 Å². The van der Waals surface area contributed by atoms with Crippen LogP contribution in [0.25, 0.3) is 0 Å². The van der Waals surface area contributed by atoms with Crippen molar-refractivity contribution in [1.29, 1.82) is 0 Å². The fourth-order valence-corrected chi connectivity index (χ4v) is 3.85. The lowest BCUT2D eigenvalue weighted by Crippen LogP contribution is -2.38. The molecule has 3 heteroatoms. The van der Waals surface area contributed by atoms with Gasteiger partial charge >= 0.3 is 0 Å². The second kappa shape index (κ2) is 6.27. The number of fused-ring (bicyclic) bond motifs is 1. The largest absolute Gasteiger partial charge is 0.490 e. The maximum atomic E-state index is 6.23. The molecule has 3 rings (SSSR count). The average Bonchev–Trinajstić information content (AvgIpc) is 2.79. The second-order valence-corrected chi connectivity index (χ2v) is 6.41. The van der Waals surface area contributed by atoms with Crippen LogP contribution >= 0.6 is 0 Å². The first kappa shape index (κ1) is 14.7. The summed E-state index contributed by atoms with van der Waals surface area (Å²) in [4.78, 5) is 0. The van der Waals surface area contributed by atoms with Gasteiger partial charge in [0.05, 0.1) is 13.2 Å². The minimum Gasteiger partial charge on any atom is -0.490 e. The quantitative estimate of drug-likeness (QED) is 0.925. The Balaban J connectivity index is 2.05. The normalized spacial score (nSPS) is 20.9. The van der Waals surface area contributed by atoms with Gasteiger partial charge in [-0.15, -0.1) is 0 Å². The summed E-state index contributed by atoms with van der Waals surface area (Å²) in [5, 5.41) is 0. The zero-order chi connectivity index (χ0) is 14.7. The lowest BCUT2D eigenvalue weighted by atomic mass is 9.68. The monoisotopic (exact) mass is 289 g/mol. The predicted molar refractivity (Wildman–Crippen MR) is 85.2 cm³/mol. The fourth-order valence-electron chi connectivity index (χ4n) is 3.85. The van der Waals surface area contributed by atoms with Crippen molar-refractivity contribution in [3.05, 3.63) is 23.3 Å². The minimum atomic E-state index is 0.147. The third kappa shape index (κ3) is 2.76. The first-order chi connectivity index (χ1) is 10.3. The van der Waals surface area contributed by atoms with Crippen molar-refractivity contribution in [3.63, 3.8) is 0 Å². The van der Waals surface area contributed by atoms with Crippen LogP contribution in [0.15, 0.2) is 12.1 Å². The second-order valence-electron chi connectivity index (χ2n) is 6.41. The van der Waals surface area contributed by atoms with Crippen molar-refractivity contribution in [2.45, 2.75) is 57.3 Å². The molecule has 0 bridgehead atoms. The third-order valence-corrected chi connectivity index (χ3v) is 5.13. The maximum Gasteiger partial charge on any atom is 0.161 e. The summed E-state index contributed by atoms with van der Waals surface area (Å²) >= 11 is 0. The Kier molecular flexibility index (Phi) is 4.39. The molecule has 0 saturated heterocycles. The Bertz CT molecular complexity index is 492. The highest BCUT2D eigenvalue weighted by atomic mass is 16.5. The highest BCUT2D eigenvalue weighted by Gasteiger charge is 2.35. The Morgan fingerprint density at radius 2 is 1.67 bits per heavy atom. The van der Waals surface area contributed by atoms with Gasteiger partial charge in [-0.05, 0) is 42.5 Å². The third-order valence-electron chi connectivity index (χ3n) is 5.13. The fraction of sp³-hybridized carbons (Fsp3) is 0.667. The SMILES string of the molecule is CCc1cc2c(cc1C1(CN)CCCCC1)OCCCO2. The van der Waals surface area contributed by atoms with Crippen LogP contribution in [0.4, 0.5) is 0 Å². The van der Waals surface area contributed by atoms with Crippen LogP contribution in [-0.2, 0) is 11.8 Å². The Hall–Kier alpha value is -1.22. The Morgan fingerprint density at radius 3 is 2.29 bits per heavy atom. The van der Waals surface area contributed by atoms with Gasteiger partial charge in [-0.1, -0.05) is 26.2 Å². The van der Waals surface area contributed by atoms with Crippen LogP contribution in [0.2, 0.25) is 0 Å². The van der Waals surface area contributed by atoms with Gasteiger partial charge in [0.25, 0.3) is 0 Å². The molecule has 1 saturated carbocycles. The molecule has 1 aromatic rings. The van der Waals surface area contributed by atoms with Crippen LogP contribution in [-0.4, -0.2) is 19.8 Å². The Labute approximate surface area is 127 Å². The first-order valence-electron chi connectivity index (χ1n) is 8.42. The molecule has 0 unspecified atom stereocenters. The molecule has 0 aromatic heterocycles. The number of hydrogen-bond acceptors (Lipinski definition) is 3. The summed E-state index contributed by atoms with van der Waals surface area (Å²) in [5.74, 6) is 1.83. The summed E-state index contributed by atoms with van der Waals surface area (Å²) < 4.78 is 11.7. The van der Waals surface area contributed by atoms with E-state index in [1.54, 1.807) is 0 Å². The van der Waals surface area contributed by atoms with Crippen molar-refractivity contribution < 1.29 is 9.47 Å². The van der Waals surface area contributed by atoms with Gasteiger partial charge in [0, 0.05) is 18.4 Å². The number of ether oxygens (including phenoxy) is 2. The van der Waals surface area contributed by atoms with Gasteiger partial charge < -0.3 is 15.2 Å². The zero-order valence-electron chi connectivity index (χ0n) is 13.1. The standard InChI is InChI=1S/C18H27NO2/c1-2-14-11-16-17(21-10-6-9-20-16)12-15(14)18(13-19)7-4-3-5-8-18/h11-12H,2-10,13,19H2,1H3. The first-order valence-corrected chi connectivity index (χ1v) is 8.42. The molecule has 0 radical (unpaired) electrons. The number of nitrogens with two attached hydrogens (primary N) is 1. The summed E-state index contributed by atoms with van der Waals surface area (Å²) in [7, 11) is 0. The highest BCUT2D eigenvalue weighted by molar-refractivity contribution is 5.50. The smallest absolute Gasteiger partial charge is 0.161 e. The number of hydrogen-bond donors (Lipinski definition) is 1. The molecule has 1 fully saturated rings. The van der Waals surface area contributed by atoms with Crippen LogP contribution in [0.1, 0.15) is 56.6 Å². The van der Waals surface area contributed by atoms with Crippen molar-refractivity contribution in [2.75, 3.05) is 19.8 Å². The molecule has 0 spiro atoms. The van der Waals surface area contributed by atoms with Gasteiger partial charge in [-0.25, -0.2) is 0 Å². The molecule has 3 nitrogen and oxygen atoms in total. The molecule has 0 atom stereocenters. The molecule has 1 heterocycles. The summed E-state index contributed by atoms with van der Waals surface area (Å²) in [5.41, 5.74) is 9.17. The number of rotatable bonds is 3. The van der Waals surface area contributed by atoms with Crippen molar-refractivity contribution in [2.24, 2.45) is 5.73 Å². The van der Waals surface area contributed by atoms with Crippen LogP contribution in [0, 0.1) is 0 Å². The van der Waals surface area contributed by atoms with E-state index in [0.29, 0.717) is 0 Å². The molecular formula is C18H27NO2. The highest BCUT2D eigenvalue weighted by Crippen LogP contribution is 2.44. The van der Waals surface area contributed by atoms with E-state index in [0.717, 1.165) is 44.1 Å². The van der Waals surface area contributed by atoms with Gasteiger partial charge in [0.1, 0.15) is 0 Å². The zero-order valence-corrected chi connectivity index (χ0v) is 13.1. The van der Waals surface area contributed by atoms with E-state index < -0.39 is 0 Å². The molecule has 2 aliphatic rings. The molecule has 1 aromatic carbocycles. The van der Waals surface area contributed by atoms with Gasteiger partial charge in [-0.2, -0.15) is 0 Å². The number of benzene rings is 1. The van der Waals surface area contributed by atoms with Crippen molar-refractivity contribution in [1.82, 2.24) is 0 Å². The molecule has 1 aliphatic carbocycles. The lowest BCUT2D eigenvalue weighted by Gasteiger charge is -2.38. The Morgan fingerprint density at radius 1 is 1.00 bits per heavy atom. The molecule has 116 valence electrons. The van der Waals surface area contributed by atoms with E-state index in [-0.39, 0.29) is 5.41 Å². The topological polar surface area (TPSA) is 44.5 Å². The number of aryl methyl sites for hydroxylation is 1. The minimum absolute atomic E-state index is 0.147. The average molecular weight is 289 g/mol. The van der Waals surface area contributed by atoms with E-state index in [1.165, 1.54) is 43.2 Å². The molecule has 0 amide bonds. The predicted octanol–water partition coefficient (Wildman–Crippen LogP) is 3.57. The van der Waals surface area contributed by atoms with Crippen LogP contribution in [0.3, 0.4) is 0 Å². The van der Waals surface area contributed by atoms with Crippen molar-refractivity contribution in [3.8, 4) is 11.5 Å². The lowest BCUT2D eigenvalue weighted by molar-refractivity contribution is 0.292. The van der Waals surface area contributed by atoms with Crippen molar-refractivity contribution >= 4 is 0 Å². The van der Waals surface area contributed by atoms with Gasteiger partial charge in [-0.3, -0.25) is 0 Å².